The first-order valence-corrected chi connectivity index (χ1v) is 15.0. The summed E-state index contributed by atoms with van der Waals surface area (Å²) in [7, 11) is 0. The van der Waals surface area contributed by atoms with Gasteiger partial charge in [-0.1, -0.05) is 59.6 Å². The largest absolute Gasteiger partial charge is 0.336 e. The van der Waals surface area contributed by atoms with Gasteiger partial charge < -0.3 is 15.1 Å². The van der Waals surface area contributed by atoms with E-state index in [0.717, 1.165) is 45.7 Å². The highest BCUT2D eigenvalue weighted by Gasteiger charge is 2.44. The van der Waals surface area contributed by atoms with Crippen molar-refractivity contribution in [3.05, 3.63) is 94.5 Å². The number of hydrogen-bond acceptors (Lipinski definition) is 5. The first-order valence-electron chi connectivity index (χ1n) is 13.8. The fourth-order valence-corrected chi connectivity index (χ4v) is 6.06. The average Bonchev–Trinajstić information content (AvgIpc) is 3.19. The fourth-order valence-electron chi connectivity index (χ4n) is 5.34. The molecule has 0 spiro atoms. The zero-order chi connectivity index (χ0) is 28.8. The third-order valence-corrected chi connectivity index (χ3v) is 8.38. The van der Waals surface area contributed by atoms with E-state index >= 15 is 0 Å². The zero-order valence-corrected chi connectivity index (χ0v) is 25.0. The molecule has 5 rings (SSSR count). The van der Waals surface area contributed by atoms with Crippen LogP contribution in [0.1, 0.15) is 18.4 Å². The number of hydrogen-bond donors (Lipinski definition) is 1. The Morgan fingerprint density at radius 2 is 1.56 bits per heavy atom. The first-order chi connectivity index (χ1) is 19.9. The van der Waals surface area contributed by atoms with E-state index in [9.17, 15) is 9.59 Å². The number of piperazine rings is 1. The Balaban J connectivity index is 1.20. The molecule has 2 heterocycles. The van der Waals surface area contributed by atoms with Crippen LogP contribution in [0, 0.1) is 0 Å². The topological polar surface area (TPSA) is 59.1 Å². The molecule has 10 heteroatoms. The van der Waals surface area contributed by atoms with E-state index in [0.29, 0.717) is 33.1 Å². The van der Waals surface area contributed by atoms with Crippen LogP contribution in [0.2, 0.25) is 10.0 Å². The van der Waals surface area contributed by atoms with Crippen molar-refractivity contribution in [2.75, 3.05) is 49.5 Å². The Morgan fingerprint density at radius 3 is 2.27 bits per heavy atom. The number of carbonyl (C=O) groups excluding carboxylic acids is 2. The van der Waals surface area contributed by atoms with Crippen LogP contribution in [0.5, 0.6) is 0 Å². The lowest BCUT2D eigenvalue weighted by Gasteiger charge is -2.35. The maximum absolute atomic E-state index is 13.7. The second kappa shape index (κ2) is 13.8. The van der Waals surface area contributed by atoms with E-state index in [4.69, 9.17) is 35.4 Å². The van der Waals surface area contributed by atoms with Crippen molar-refractivity contribution in [2.45, 2.75) is 25.4 Å². The second-order valence-corrected chi connectivity index (χ2v) is 11.6. The molecule has 1 N–H and O–H groups in total. The molecule has 0 aliphatic carbocycles. The molecular weight excluding hydrogens is 577 g/mol. The Kier molecular flexibility index (Phi) is 9.90. The second-order valence-electron chi connectivity index (χ2n) is 10.4. The molecule has 0 aromatic heterocycles. The minimum atomic E-state index is -0.698. The lowest BCUT2D eigenvalue weighted by molar-refractivity contribution is -0.124. The van der Waals surface area contributed by atoms with Gasteiger partial charge in [-0.05, 0) is 73.2 Å². The van der Waals surface area contributed by atoms with Gasteiger partial charge in [0.15, 0.2) is 5.11 Å². The number of rotatable bonds is 10. The van der Waals surface area contributed by atoms with Gasteiger partial charge in [0.05, 0.1) is 12.1 Å². The SMILES string of the molecule is O=C(C[C@H]1C(=O)N(c2cccc(Cl)c2)C(=S)N1CCCN1CCN(Cc2ccccc2)CC1)Nc1ccc(Cl)cc1. The van der Waals surface area contributed by atoms with Gasteiger partial charge in [0.1, 0.15) is 6.04 Å². The summed E-state index contributed by atoms with van der Waals surface area (Å²) in [5.41, 5.74) is 2.56. The predicted octanol–water partition coefficient (Wildman–Crippen LogP) is 5.53. The number of halogens is 2. The van der Waals surface area contributed by atoms with Crippen LogP contribution < -0.4 is 10.2 Å². The molecule has 2 fully saturated rings. The van der Waals surface area contributed by atoms with Crippen molar-refractivity contribution < 1.29 is 9.59 Å². The van der Waals surface area contributed by atoms with Gasteiger partial charge in [0.25, 0.3) is 5.91 Å². The van der Waals surface area contributed by atoms with Crippen molar-refractivity contribution in [1.82, 2.24) is 14.7 Å². The summed E-state index contributed by atoms with van der Waals surface area (Å²) >= 11 is 18.0. The van der Waals surface area contributed by atoms with E-state index in [1.807, 2.05) is 11.0 Å². The normalized spacial score (nSPS) is 18.2. The smallest absolute Gasteiger partial charge is 0.256 e. The van der Waals surface area contributed by atoms with Gasteiger partial charge in [0.2, 0.25) is 5.91 Å². The van der Waals surface area contributed by atoms with Crippen molar-refractivity contribution >= 4 is 63.7 Å². The molecule has 0 unspecified atom stereocenters. The van der Waals surface area contributed by atoms with E-state index in [2.05, 4.69) is 39.4 Å². The van der Waals surface area contributed by atoms with Crippen LogP contribution in [-0.4, -0.2) is 76.9 Å². The predicted molar refractivity (Wildman–Crippen MR) is 170 cm³/mol. The summed E-state index contributed by atoms with van der Waals surface area (Å²) in [6.07, 6.45) is 0.807. The Morgan fingerprint density at radius 1 is 0.854 bits per heavy atom. The van der Waals surface area contributed by atoms with Crippen LogP contribution in [0.15, 0.2) is 78.9 Å². The summed E-state index contributed by atoms with van der Waals surface area (Å²) in [5.74, 6) is -0.487. The van der Waals surface area contributed by atoms with Gasteiger partial charge in [-0.2, -0.15) is 0 Å². The average molecular weight is 611 g/mol. The number of amides is 2. The minimum Gasteiger partial charge on any atom is -0.336 e. The lowest BCUT2D eigenvalue weighted by Crippen LogP contribution is -2.47. The molecule has 2 saturated heterocycles. The number of nitrogens with zero attached hydrogens (tertiary/aromatic N) is 4. The summed E-state index contributed by atoms with van der Waals surface area (Å²) in [6, 6.07) is 23.8. The van der Waals surface area contributed by atoms with Gasteiger partial charge >= 0.3 is 0 Å². The van der Waals surface area contributed by atoms with E-state index < -0.39 is 6.04 Å². The highest BCUT2D eigenvalue weighted by atomic mass is 35.5. The van der Waals surface area contributed by atoms with Gasteiger partial charge in [0, 0.05) is 55.0 Å². The van der Waals surface area contributed by atoms with Crippen LogP contribution in [0.4, 0.5) is 11.4 Å². The Labute approximate surface area is 256 Å². The number of anilines is 2. The standard InChI is InChI=1S/C31H33Cl2N5O2S/c32-24-10-12-26(13-11-24)34-29(39)21-28-30(40)38(27-9-4-8-25(33)20-27)31(41)37(28)15-5-14-35-16-18-36(19-17-35)22-23-6-2-1-3-7-23/h1-4,6-13,20,28H,5,14-19,21-22H2,(H,34,39)/t28-/m0/s1. The maximum Gasteiger partial charge on any atom is 0.256 e. The van der Waals surface area contributed by atoms with Crippen LogP contribution in [0.25, 0.3) is 0 Å². The molecule has 0 bridgehead atoms. The van der Waals surface area contributed by atoms with Gasteiger partial charge in [-0.25, -0.2) is 0 Å². The van der Waals surface area contributed by atoms with Crippen LogP contribution >= 0.6 is 35.4 Å². The minimum absolute atomic E-state index is 0.0170. The number of carbonyl (C=O) groups is 2. The van der Waals surface area contributed by atoms with E-state index in [-0.39, 0.29) is 18.2 Å². The first kappa shape index (κ1) is 29.5. The number of benzene rings is 3. The summed E-state index contributed by atoms with van der Waals surface area (Å²) in [4.78, 5) is 35.0. The fraction of sp³-hybridized carbons (Fsp3) is 0.323. The maximum atomic E-state index is 13.7. The molecule has 7 nitrogen and oxygen atoms in total. The van der Waals surface area contributed by atoms with E-state index in [1.165, 1.54) is 10.5 Å². The van der Waals surface area contributed by atoms with Crippen molar-refractivity contribution in [3.8, 4) is 0 Å². The highest BCUT2D eigenvalue weighted by molar-refractivity contribution is 7.80. The molecule has 0 saturated carbocycles. The zero-order valence-electron chi connectivity index (χ0n) is 22.7. The molecule has 2 amide bonds. The molecule has 41 heavy (non-hydrogen) atoms. The Bertz CT molecular complexity index is 1370. The summed E-state index contributed by atoms with van der Waals surface area (Å²) in [6.45, 7) is 6.47. The van der Waals surface area contributed by atoms with Gasteiger partial charge in [-0.3, -0.25) is 19.4 Å². The molecule has 2 aliphatic rings. The molecular formula is C31H33Cl2N5O2S. The molecule has 3 aromatic rings. The lowest BCUT2D eigenvalue weighted by atomic mass is 10.1. The van der Waals surface area contributed by atoms with Gasteiger partial charge in [-0.15, -0.1) is 0 Å². The van der Waals surface area contributed by atoms with Crippen molar-refractivity contribution in [1.29, 1.82) is 0 Å². The summed E-state index contributed by atoms with van der Waals surface area (Å²) < 4.78 is 0. The number of thiocarbonyl (C=S) groups is 1. The van der Waals surface area contributed by atoms with E-state index in [1.54, 1.807) is 48.5 Å². The quantitative estimate of drug-likeness (QED) is 0.305. The molecule has 214 valence electrons. The highest BCUT2D eigenvalue weighted by Crippen LogP contribution is 2.29. The summed E-state index contributed by atoms with van der Waals surface area (Å²) in [5, 5.41) is 4.37. The molecule has 3 aromatic carbocycles. The molecule has 2 aliphatic heterocycles. The monoisotopic (exact) mass is 609 g/mol. The van der Waals surface area contributed by atoms with Crippen molar-refractivity contribution in [3.63, 3.8) is 0 Å². The molecule has 0 radical (unpaired) electrons. The Hall–Kier alpha value is -3.01. The third-order valence-electron chi connectivity index (χ3n) is 7.48. The number of nitrogens with one attached hydrogen (secondary N) is 1. The third kappa shape index (κ3) is 7.64. The van der Waals surface area contributed by atoms with Crippen molar-refractivity contribution in [2.24, 2.45) is 0 Å². The molecule has 1 atom stereocenters. The van der Waals surface area contributed by atoms with Crippen LogP contribution in [0.3, 0.4) is 0 Å². The van der Waals surface area contributed by atoms with Crippen LogP contribution in [-0.2, 0) is 16.1 Å².